The topological polar surface area (TPSA) is 85.8 Å². The molecule has 0 saturated carbocycles. The van der Waals surface area contributed by atoms with Crippen LogP contribution in [0.25, 0.3) is 0 Å². The van der Waals surface area contributed by atoms with Gasteiger partial charge in [-0.1, -0.05) is 29.3 Å². The smallest absolute Gasteiger partial charge is 0.548 e. The van der Waals surface area contributed by atoms with Crippen LogP contribution in [0.2, 0.25) is 10.0 Å². The maximum Gasteiger partial charge on any atom is 1.00 e. The molecule has 2 atom stereocenters. The van der Waals surface area contributed by atoms with Gasteiger partial charge in [-0.2, -0.15) is 0 Å². The molecule has 0 radical (unpaired) electrons. The van der Waals surface area contributed by atoms with E-state index >= 15 is 0 Å². The number of carbonyl (C=O) groups excluding carboxylic acids is 2. The maximum atomic E-state index is 12.7. The molecular weight excluding hydrogens is 488 g/mol. The van der Waals surface area contributed by atoms with Crippen LogP contribution in [-0.2, 0) is 22.4 Å². The van der Waals surface area contributed by atoms with E-state index in [4.69, 9.17) is 27.9 Å². The van der Waals surface area contributed by atoms with Crippen molar-refractivity contribution < 1.29 is 49.0 Å². The largest absolute Gasteiger partial charge is 1.00 e. The summed E-state index contributed by atoms with van der Waals surface area (Å²) in [7, 11) is 0. The van der Waals surface area contributed by atoms with Crippen LogP contribution in [0.3, 0.4) is 0 Å². The van der Waals surface area contributed by atoms with E-state index < -0.39 is 23.7 Å². The average molecular weight is 514 g/mol. The van der Waals surface area contributed by atoms with Crippen LogP contribution in [0.4, 0.5) is 4.79 Å². The normalized spacial score (nSPS) is 20.4. The van der Waals surface area contributed by atoms with Crippen LogP contribution in [0.15, 0.2) is 30.5 Å². The van der Waals surface area contributed by atoms with Crippen LogP contribution < -0.4 is 34.7 Å². The molecule has 34 heavy (non-hydrogen) atoms. The van der Waals surface area contributed by atoms with Gasteiger partial charge in [0.25, 0.3) is 0 Å². The standard InChI is InChI=1S/C24H27Cl2N3O4.Na/c1-24(2,3)33-23(32)29-9-8-28(13-19(29)22(30)31)21-18-7-6-16(25)10-14(18)4-5-15-11-17(26)12-27-20(15)21;/h6-7,10-12,19,21H,4-5,8-9,13H2,1-3H3,(H,30,31);/q;+1/p-1/t19-,21-;/m1./s1. The summed E-state index contributed by atoms with van der Waals surface area (Å²) in [5.74, 6) is -1.32. The minimum absolute atomic E-state index is 0. The van der Waals surface area contributed by atoms with Crippen molar-refractivity contribution in [3.8, 4) is 0 Å². The van der Waals surface area contributed by atoms with E-state index in [0.717, 1.165) is 35.2 Å². The molecule has 4 rings (SSSR count). The maximum absolute atomic E-state index is 12.7. The number of rotatable bonds is 2. The summed E-state index contributed by atoms with van der Waals surface area (Å²) in [4.78, 5) is 32.7. The van der Waals surface area contributed by atoms with Crippen molar-refractivity contribution in [1.82, 2.24) is 14.8 Å². The molecule has 1 saturated heterocycles. The number of nitrogens with zero attached hydrogens (tertiary/aromatic N) is 3. The molecule has 2 aromatic rings. The van der Waals surface area contributed by atoms with Gasteiger partial charge < -0.3 is 14.6 Å². The van der Waals surface area contributed by atoms with Gasteiger partial charge in [-0.25, -0.2) is 4.79 Å². The number of ether oxygens (including phenoxy) is 1. The van der Waals surface area contributed by atoms with Gasteiger partial charge in [0.2, 0.25) is 0 Å². The summed E-state index contributed by atoms with van der Waals surface area (Å²) in [6.45, 7) is 5.96. The Hall–Kier alpha value is -1.35. The SMILES string of the molecule is CC(C)(C)OC(=O)N1CCN([C@@H]2c3ccc(Cl)cc3CCc3cc(Cl)cnc32)C[C@@H]1C(=O)[O-].[Na+]. The van der Waals surface area contributed by atoms with E-state index in [2.05, 4.69) is 4.98 Å². The number of aromatic nitrogens is 1. The fourth-order valence-corrected chi connectivity index (χ4v) is 4.94. The van der Waals surface area contributed by atoms with Crippen LogP contribution >= 0.6 is 23.2 Å². The number of piperazine rings is 1. The first-order valence-corrected chi connectivity index (χ1v) is 11.7. The molecule has 1 aromatic carbocycles. The predicted molar refractivity (Wildman–Crippen MR) is 123 cm³/mol. The third-order valence-corrected chi connectivity index (χ3v) is 6.41. The molecule has 7 nitrogen and oxygen atoms in total. The number of amides is 1. The van der Waals surface area contributed by atoms with Crippen LogP contribution in [0.1, 0.15) is 49.2 Å². The zero-order valence-corrected chi connectivity index (χ0v) is 23.3. The fraction of sp³-hybridized carbons (Fsp3) is 0.458. The minimum atomic E-state index is -1.32. The fourth-order valence-electron chi connectivity index (χ4n) is 4.56. The number of halogens is 2. The predicted octanol–water partition coefficient (Wildman–Crippen LogP) is 0.252. The summed E-state index contributed by atoms with van der Waals surface area (Å²) < 4.78 is 5.43. The first-order chi connectivity index (χ1) is 15.5. The van der Waals surface area contributed by atoms with Crippen molar-refractivity contribution >= 4 is 35.3 Å². The number of hydrogen-bond donors (Lipinski definition) is 0. The van der Waals surface area contributed by atoms with Crippen LogP contribution in [0.5, 0.6) is 0 Å². The van der Waals surface area contributed by atoms with Gasteiger partial charge in [0, 0.05) is 30.9 Å². The number of hydrogen-bond acceptors (Lipinski definition) is 6. The van der Waals surface area contributed by atoms with E-state index in [1.807, 2.05) is 29.2 Å². The number of fused-ring (bicyclic) bond motifs is 2. The molecule has 1 amide bonds. The number of aliphatic carboxylic acids is 1. The van der Waals surface area contributed by atoms with Gasteiger partial charge in [0.05, 0.1) is 28.8 Å². The molecule has 1 aliphatic carbocycles. The zero-order chi connectivity index (χ0) is 23.9. The Morgan fingerprint density at radius 2 is 1.76 bits per heavy atom. The first-order valence-electron chi connectivity index (χ1n) is 10.9. The van der Waals surface area contributed by atoms with Gasteiger partial charge in [0.1, 0.15) is 5.60 Å². The number of carboxylic acids is 1. The van der Waals surface area contributed by atoms with Crippen molar-refractivity contribution in [2.45, 2.75) is 51.3 Å². The second kappa shape index (κ2) is 10.7. The molecular formula is C24H26Cl2N3NaO4. The van der Waals surface area contributed by atoms with E-state index in [1.54, 1.807) is 27.0 Å². The van der Waals surface area contributed by atoms with Gasteiger partial charge in [-0.05, 0) is 68.5 Å². The summed E-state index contributed by atoms with van der Waals surface area (Å²) in [5.41, 5.74) is 3.23. The molecule has 0 N–H and O–H groups in total. The van der Waals surface area contributed by atoms with Crippen molar-refractivity contribution in [3.63, 3.8) is 0 Å². The Morgan fingerprint density at radius 3 is 2.44 bits per heavy atom. The summed E-state index contributed by atoms with van der Waals surface area (Å²) in [5, 5.41) is 13.3. The third kappa shape index (κ3) is 5.89. The van der Waals surface area contributed by atoms with Crippen molar-refractivity contribution in [2.75, 3.05) is 19.6 Å². The number of carbonyl (C=O) groups is 2. The Morgan fingerprint density at radius 1 is 1.09 bits per heavy atom. The van der Waals surface area contributed by atoms with E-state index in [9.17, 15) is 14.7 Å². The Kier molecular flexibility index (Phi) is 8.59. The van der Waals surface area contributed by atoms with Crippen molar-refractivity contribution in [3.05, 3.63) is 62.9 Å². The molecule has 10 heteroatoms. The molecule has 0 bridgehead atoms. The molecule has 2 heterocycles. The zero-order valence-electron chi connectivity index (χ0n) is 19.8. The Balaban J connectivity index is 0.00000324. The second-order valence-electron chi connectivity index (χ2n) is 9.45. The number of benzene rings is 1. The number of pyridine rings is 1. The molecule has 2 aliphatic rings. The Bertz CT molecular complexity index is 1040. The van der Waals surface area contributed by atoms with Crippen molar-refractivity contribution in [1.29, 1.82) is 0 Å². The summed E-state index contributed by atoms with van der Waals surface area (Å²) >= 11 is 12.5. The molecule has 176 valence electrons. The van der Waals surface area contributed by atoms with Gasteiger partial charge in [0.15, 0.2) is 0 Å². The quantitative estimate of drug-likeness (QED) is 0.535. The summed E-state index contributed by atoms with van der Waals surface area (Å²) in [6, 6.07) is 6.23. The van der Waals surface area contributed by atoms with Gasteiger partial charge in [-0.3, -0.25) is 14.8 Å². The number of carboxylic acid groups (broad SMARTS) is 1. The first kappa shape index (κ1) is 27.2. The van der Waals surface area contributed by atoms with Gasteiger partial charge >= 0.3 is 35.7 Å². The summed E-state index contributed by atoms with van der Waals surface area (Å²) in [6.07, 6.45) is 2.47. The number of aryl methyl sites for hydroxylation is 2. The van der Waals surface area contributed by atoms with Crippen LogP contribution in [-0.4, -0.2) is 58.1 Å². The van der Waals surface area contributed by atoms with E-state index in [1.165, 1.54) is 4.90 Å². The third-order valence-electron chi connectivity index (χ3n) is 5.97. The molecule has 1 aliphatic heterocycles. The monoisotopic (exact) mass is 513 g/mol. The minimum Gasteiger partial charge on any atom is -0.548 e. The molecule has 0 spiro atoms. The van der Waals surface area contributed by atoms with Gasteiger partial charge in [-0.15, -0.1) is 0 Å². The molecule has 1 fully saturated rings. The van der Waals surface area contributed by atoms with E-state index in [-0.39, 0.29) is 48.7 Å². The average Bonchev–Trinajstić information content (AvgIpc) is 2.88. The molecule has 0 unspecified atom stereocenters. The second-order valence-corrected chi connectivity index (χ2v) is 10.3. The van der Waals surface area contributed by atoms with E-state index in [0.29, 0.717) is 16.6 Å². The Labute approximate surface area is 231 Å². The van der Waals surface area contributed by atoms with Crippen LogP contribution in [0, 0.1) is 0 Å². The van der Waals surface area contributed by atoms with Crippen molar-refractivity contribution in [2.24, 2.45) is 0 Å². The molecule has 1 aromatic heterocycles.